The molecule has 1 aromatic rings. The Labute approximate surface area is 235 Å². The molecule has 0 aliphatic heterocycles. The van der Waals surface area contributed by atoms with Gasteiger partial charge in [-0.3, -0.25) is 14.6 Å². The first-order chi connectivity index (χ1) is 18.8. The molecule has 1 N–H and O–H groups in total. The van der Waals surface area contributed by atoms with Crippen LogP contribution in [0, 0.1) is 28.6 Å². The van der Waals surface area contributed by atoms with Crippen molar-refractivity contribution in [3.63, 3.8) is 0 Å². The molecule has 0 aromatic carbocycles. The van der Waals surface area contributed by atoms with Crippen LogP contribution in [-0.2, 0) is 14.3 Å². The molecule has 212 valence electrons. The van der Waals surface area contributed by atoms with E-state index in [0.29, 0.717) is 12.8 Å². The highest BCUT2D eigenvalue weighted by molar-refractivity contribution is 5.76. The van der Waals surface area contributed by atoms with Gasteiger partial charge >= 0.3 is 5.97 Å². The highest BCUT2D eigenvalue weighted by Crippen LogP contribution is 2.66. The third kappa shape index (κ3) is 5.74. The molecule has 0 radical (unpaired) electrons. The van der Waals surface area contributed by atoms with Crippen molar-refractivity contribution in [1.29, 1.82) is 0 Å². The van der Waals surface area contributed by atoms with Crippen LogP contribution in [-0.4, -0.2) is 30.0 Å². The number of hydrogen-bond acceptors (Lipinski definition) is 4. The number of nitrogens with zero attached hydrogens (tertiary/aromatic N) is 1. The van der Waals surface area contributed by atoms with Crippen molar-refractivity contribution in [1.82, 2.24) is 10.3 Å². The van der Waals surface area contributed by atoms with Crippen LogP contribution in [0.5, 0.6) is 0 Å². The molecule has 0 saturated heterocycles. The number of amides is 1. The Bertz CT molecular complexity index is 1090. The number of methoxy groups -OCH3 is 1. The summed E-state index contributed by atoms with van der Waals surface area (Å²) in [7, 11) is 1.44. The monoisotopic (exact) mass is 532 g/mol. The first-order valence-corrected chi connectivity index (χ1v) is 15.5. The average Bonchev–Trinajstić information content (AvgIpc) is 3.30. The lowest BCUT2D eigenvalue weighted by Gasteiger charge is -2.58. The summed E-state index contributed by atoms with van der Waals surface area (Å²) in [4.78, 5) is 28.3. The summed E-state index contributed by atoms with van der Waals surface area (Å²) >= 11 is 0. The maximum absolute atomic E-state index is 12.7. The number of aromatic nitrogens is 1. The molecule has 2 saturated carbocycles. The van der Waals surface area contributed by atoms with E-state index in [-0.39, 0.29) is 28.7 Å². The first kappa shape index (κ1) is 28.1. The van der Waals surface area contributed by atoms with E-state index in [4.69, 9.17) is 0 Å². The maximum atomic E-state index is 12.7. The second kappa shape index (κ2) is 12.0. The molecule has 0 bridgehead atoms. The van der Waals surface area contributed by atoms with Gasteiger partial charge in [0.1, 0.15) is 0 Å². The Morgan fingerprint density at radius 2 is 1.74 bits per heavy atom. The molecule has 4 aliphatic rings. The molecule has 5 rings (SSSR count). The van der Waals surface area contributed by atoms with Crippen molar-refractivity contribution >= 4 is 17.4 Å². The van der Waals surface area contributed by atoms with Crippen molar-refractivity contribution in [2.45, 2.75) is 110 Å². The number of carbonyl (C=O) groups is 2. The first-order valence-electron chi connectivity index (χ1n) is 15.5. The Hall–Kier alpha value is -2.43. The molecule has 0 spiro atoms. The number of hydrogen-bond donors (Lipinski definition) is 1. The fourth-order valence-corrected chi connectivity index (χ4v) is 8.81. The summed E-state index contributed by atoms with van der Waals surface area (Å²) in [6.45, 7) is 5.07. The van der Waals surface area contributed by atoms with Gasteiger partial charge in [-0.2, -0.15) is 0 Å². The molecule has 1 aromatic heterocycles. The van der Waals surface area contributed by atoms with Crippen molar-refractivity contribution < 1.29 is 14.3 Å². The lowest BCUT2D eigenvalue weighted by molar-refractivity contribution is -0.140. The molecule has 5 nitrogen and oxygen atoms in total. The number of allylic oxidation sites excluding steroid dienone is 3. The van der Waals surface area contributed by atoms with Crippen LogP contribution in [0.1, 0.15) is 109 Å². The third-order valence-electron chi connectivity index (χ3n) is 11.0. The van der Waals surface area contributed by atoms with Gasteiger partial charge in [0.05, 0.1) is 7.11 Å². The van der Waals surface area contributed by atoms with Crippen LogP contribution >= 0.6 is 0 Å². The van der Waals surface area contributed by atoms with Crippen LogP contribution < -0.4 is 5.32 Å². The predicted octanol–water partition coefficient (Wildman–Crippen LogP) is 7.43. The quantitative estimate of drug-likeness (QED) is 0.193. The van der Waals surface area contributed by atoms with Gasteiger partial charge in [-0.15, -0.1) is 0 Å². The number of fused-ring (bicyclic) bond motifs is 5. The number of rotatable bonds is 10. The largest absolute Gasteiger partial charge is 0.469 e. The van der Waals surface area contributed by atoms with E-state index in [1.165, 1.54) is 50.4 Å². The van der Waals surface area contributed by atoms with E-state index in [2.05, 4.69) is 59.4 Å². The van der Waals surface area contributed by atoms with Gasteiger partial charge in [0.25, 0.3) is 0 Å². The average molecular weight is 533 g/mol. The summed E-state index contributed by atoms with van der Waals surface area (Å²) in [5, 5.41) is 3.38. The summed E-state index contributed by atoms with van der Waals surface area (Å²) in [5.41, 5.74) is 5.01. The molecule has 39 heavy (non-hydrogen) atoms. The fourth-order valence-electron chi connectivity index (χ4n) is 8.81. The van der Waals surface area contributed by atoms with E-state index >= 15 is 0 Å². The van der Waals surface area contributed by atoms with Crippen LogP contribution in [0.15, 0.2) is 42.3 Å². The molecular weight excluding hydrogens is 484 g/mol. The van der Waals surface area contributed by atoms with Gasteiger partial charge in [0.2, 0.25) is 5.91 Å². The molecule has 5 heteroatoms. The smallest absolute Gasteiger partial charge is 0.305 e. The van der Waals surface area contributed by atoms with E-state index in [1.54, 1.807) is 5.57 Å². The second-order valence-electron chi connectivity index (χ2n) is 13.2. The zero-order chi connectivity index (χ0) is 27.5. The lowest BCUT2D eigenvalue weighted by atomic mass is 9.47. The summed E-state index contributed by atoms with van der Waals surface area (Å²) in [5.74, 6) is 2.31. The molecule has 0 unspecified atom stereocenters. The summed E-state index contributed by atoms with van der Waals surface area (Å²) < 4.78 is 4.69. The minimum atomic E-state index is -0.131. The van der Waals surface area contributed by atoms with Gasteiger partial charge in [-0.25, -0.2) is 0 Å². The Kier molecular flexibility index (Phi) is 8.63. The van der Waals surface area contributed by atoms with E-state index < -0.39 is 0 Å². The van der Waals surface area contributed by atoms with Crippen LogP contribution in [0.2, 0.25) is 0 Å². The minimum Gasteiger partial charge on any atom is -0.469 e. The Balaban J connectivity index is 1.12. The Morgan fingerprint density at radius 3 is 2.51 bits per heavy atom. The lowest BCUT2D eigenvalue weighted by Crippen LogP contribution is -2.51. The standard InChI is InChI=1S/C34H48N2O3/c1-33-19-17-26(36-31(37)11-7-5-4-6-8-12-32(38)39-3)22-25(33)13-14-27-29-16-15-28(24-10-9-21-35-23-24)34(29,2)20-18-30(27)33/h9-10,13,15,21,23,26-27,29-30H,4-8,11-12,14,16-20,22H2,1-3H3,(H,36,37)/t26-,27-,29-,30-,33-,34+/m0/s1. The predicted molar refractivity (Wildman–Crippen MR) is 156 cm³/mol. The molecule has 4 aliphatic carbocycles. The minimum absolute atomic E-state index is 0.131. The van der Waals surface area contributed by atoms with Gasteiger partial charge in [0, 0.05) is 31.3 Å². The van der Waals surface area contributed by atoms with E-state index in [1.807, 2.05) is 6.20 Å². The highest BCUT2D eigenvalue weighted by atomic mass is 16.5. The highest BCUT2D eigenvalue weighted by Gasteiger charge is 2.56. The number of esters is 1. The zero-order valence-corrected chi connectivity index (χ0v) is 24.3. The second-order valence-corrected chi connectivity index (χ2v) is 13.2. The molecule has 6 atom stereocenters. The number of unbranched alkanes of at least 4 members (excludes halogenated alkanes) is 4. The number of nitrogens with one attached hydrogen (secondary N) is 1. The van der Waals surface area contributed by atoms with Gasteiger partial charge in [-0.1, -0.05) is 56.9 Å². The van der Waals surface area contributed by atoms with Crippen molar-refractivity contribution in [2.24, 2.45) is 28.6 Å². The Morgan fingerprint density at radius 1 is 0.974 bits per heavy atom. The number of ether oxygens (including phenoxy) is 1. The van der Waals surface area contributed by atoms with Gasteiger partial charge < -0.3 is 10.1 Å². The van der Waals surface area contributed by atoms with Crippen LogP contribution in [0.3, 0.4) is 0 Å². The molecule has 1 amide bonds. The third-order valence-corrected chi connectivity index (χ3v) is 11.0. The van der Waals surface area contributed by atoms with Gasteiger partial charge in [0.15, 0.2) is 0 Å². The fraction of sp³-hybridized carbons (Fsp3) is 0.676. The van der Waals surface area contributed by atoms with Crippen molar-refractivity contribution in [3.8, 4) is 0 Å². The van der Waals surface area contributed by atoms with E-state index in [0.717, 1.165) is 62.7 Å². The summed E-state index contributed by atoms with van der Waals surface area (Å²) in [6.07, 6.45) is 23.4. The zero-order valence-electron chi connectivity index (χ0n) is 24.3. The van der Waals surface area contributed by atoms with E-state index in [9.17, 15) is 9.59 Å². The normalized spacial score (nSPS) is 33.2. The van der Waals surface area contributed by atoms with Crippen molar-refractivity contribution in [2.75, 3.05) is 7.11 Å². The molecular formula is C34H48N2O3. The number of carbonyl (C=O) groups excluding carboxylic acids is 2. The SMILES string of the molecule is COC(=O)CCCCCCCC(=O)N[C@H]1CC[C@@]2(C)C(=CC[C@@H]3[C@@H]2CC[C@]2(C)C(c4cccnc4)=CC[C@@H]32)C1. The topological polar surface area (TPSA) is 68.3 Å². The maximum Gasteiger partial charge on any atom is 0.305 e. The van der Waals surface area contributed by atoms with Crippen LogP contribution in [0.25, 0.3) is 5.57 Å². The van der Waals surface area contributed by atoms with Crippen molar-refractivity contribution in [3.05, 3.63) is 47.8 Å². The molecule has 1 heterocycles. The molecule has 2 fully saturated rings. The number of pyridine rings is 1. The van der Waals surface area contributed by atoms with Crippen LogP contribution in [0.4, 0.5) is 0 Å². The van der Waals surface area contributed by atoms with Gasteiger partial charge in [-0.05, 0) is 104 Å². The summed E-state index contributed by atoms with van der Waals surface area (Å²) in [6, 6.07) is 4.59.